The van der Waals surface area contributed by atoms with Gasteiger partial charge in [-0.2, -0.15) is 4.31 Å². The predicted octanol–water partition coefficient (Wildman–Crippen LogP) is 1.91. The molecule has 0 fully saturated rings. The standard InChI is InChI=1S/C21H23F2N3O6S/c1-3-26(4-2)33(30,31)16-8-5-14(6-9-16)21(29)24-12-20(28)32-13-19(27)25-18-10-7-15(22)11-17(18)23/h5-11H,3-4,12-13H2,1-2H3,(H,24,29)(H,25,27). The van der Waals surface area contributed by atoms with Crippen molar-refractivity contribution in [1.82, 2.24) is 9.62 Å². The van der Waals surface area contributed by atoms with Gasteiger partial charge in [-0.05, 0) is 36.4 Å². The summed E-state index contributed by atoms with van der Waals surface area (Å²) in [6, 6.07) is 7.75. The normalized spacial score (nSPS) is 11.2. The van der Waals surface area contributed by atoms with Crippen molar-refractivity contribution in [2.75, 3.05) is 31.6 Å². The van der Waals surface area contributed by atoms with Crippen LogP contribution in [0.3, 0.4) is 0 Å². The Hall–Kier alpha value is -3.38. The Labute approximate surface area is 189 Å². The molecule has 0 bridgehead atoms. The van der Waals surface area contributed by atoms with E-state index in [-0.39, 0.29) is 16.1 Å². The Bertz CT molecular complexity index is 1120. The average molecular weight is 483 g/mol. The molecule has 0 aliphatic heterocycles. The Morgan fingerprint density at radius 2 is 1.64 bits per heavy atom. The third kappa shape index (κ3) is 7.05. The van der Waals surface area contributed by atoms with Crippen LogP contribution in [0, 0.1) is 11.6 Å². The number of carbonyl (C=O) groups excluding carboxylic acids is 3. The zero-order chi connectivity index (χ0) is 24.6. The van der Waals surface area contributed by atoms with Gasteiger partial charge in [-0.1, -0.05) is 13.8 Å². The summed E-state index contributed by atoms with van der Waals surface area (Å²) in [5, 5.41) is 4.40. The zero-order valence-electron chi connectivity index (χ0n) is 17.9. The Morgan fingerprint density at radius 1 is 1.00 bits per heavy atom. The van der Waals surface area contributed by atoms with E-state index in [2.05, 4.69) is 10.6 Å². The fourth-order valence-corrected chi connectivity index (χ4v) is 4.18. The summed E-state index contributed by atoms with van der Waals surface area (Å²) in [5.74, 6) is -4.24. The van der Waals surface area contributed by atoms with Gasteiger partial charge in [-0.15, -0.1) is 0 Å². The van der Waals surface area contributed by atoms with Gasteiger partial charge in [0.05, 0.1) is 10.6 Å². The van der Waals surface area contributed by atoms with E-state index in [0.717, 1.165) is 12.1 Å². The Morgan fingerprint density at radius 3 is 2.21 bits per heavy atom. The molecule has 0 saturated heterocycles. The van der Waals surface area contributed by atoms with E-state index in [1.165, 1.54) is 28.6 Å². The summed E-state index contributed by atoms with van der Waals surface area (Å²) < 4.78 is 57.3. The monoisotopic (exact) mass is 483 g/mol. The van der Waals surface area contributed by atoms with Gasteiger partial charge in [0.2, 0.25) is 10.0 Å². The van der Waals surface area contributed by atoms with E-state index < -0.39 is 52.6 Å². The van der Waals surface area contributed by atoms with E-state index in [1.54, 1.807) is 13.8 Å². The number of ether oxygens (including phenoxy) is 1. The fourth-order valence-electron chi connectivity index (χ4n) is 2.72. The third-order valence-corrected chi connectivity index (χ3v) is 6.49. The van der Waals surface area contributed by atoms with Crippen LogP contribution >= 0.6 is 0 Å². The molecule has 2 aromatic rings. The number of hydrogen-bond donors (Lipinski definition) is 2. The number of carbonyl (C=O) groups is 3. The van der Waals surface area contributed by atoms with E-state index in [0.29, 0.717) is 19.2 Å². The third-order valence-electron chi connectivity index (χ3n) is 4.42. The molecule has 0 atom stereocenters. The molecule has 33 heavy (non-hydrogen) atoms. The first-order valence-corrected chi connectivity index (χ1v) is 11.3. The lowest BCUT2D eigenvalue weighted by Crippen LogP contribution is -2.32. The summed E-state index contributed by atoms with van der Waals surface area (Å²) in [6.45, 7) is 2.74. The molecule has 2 N–H and O–H groups in total. The first-order chi connectivity index (χ1) is 15.6. The smallest absolute Gasteiger partial charge is 0.325 e. The number of hydrogen-bond acceptors (Lipinski definition) is 6. The fraction of sp³-hybridized carbons (Fsp3) is 0.286. The van der Waals surface area contributed by atoms with Crippen LogP contribution in [0.1, 0.15) is 24.2 Å². The van der Waals surface area contributed by atoms with Crippen LogP contribution in [-0.2, 0) is 24.3 Å². The largest absolute Gasteiger partial charge is 0.454 e. The van der Waals surface area contributed by atoms with Crippen molar-refractivity contribution in [3.05, 3.63) is 59.7 Å². The molecule has 178 valence electrons. The van der Waals surface area contributed by atoms with Crippen LogP contribution in [-0.4, -0.2) is 56.7 Å². The minimum absolute atomic E-state index is 0.0331. The number of esters is 1. The molecule has 0 aliphatic carbocycles. The maximum absolute atomic E-state index is 13.5. The molecule has 0 aromatic heterocycles. The molecule has 2 aromatic carbocycles. The quantitative estimate of drug-likeness (QED) is 0.498. The zero-order valence-corrected chi connectivity index (χ0v) is 18.7. The summed E-state index contributed by atoms with van der Waals surface area (Å²) >= 11 is 0. The number of benzene rings is 2. The van der Waals surface area contributed by atoms with Crippen molar-refractivity contribution < 1.29 is 36.3 Å². The van der Waals surface area contributed by atoms with Crippen molar-refractivity contribution in [3.63, 3.8) is 0 Å². The molecule has 9 nitrogen and oxygen atoms in total. The molecule has 0 heterocycles. The van der Waals surface area contributed by atoms with Crippen molar-refractivity contribution in [1.29, 1.82) is 0 Å². The van der Waals surface area contributed by atoms with Gasteiger partial charge in [0.1, 0.15) is 18.2 Å². The first-order valence-electron chi connectivity index (χ1n) is 9.87. The summed E-state index contributed by atoms with van der Waals surface area (Å²) in [5.41, 5.74) is -0.164. The highest BCUT2D eigenvalue weighted by molar-refractivity contribution is 7.89. The number of nitrogens with zero attached hydrogens (tertiary/aromatic N) is 1. The second kappa shape index (κ2) is 11.5. The summed E-state index contributed by atoms with van der Waals surface area (Å²) in [4.78, 5) is 35.7. The average Bonchev–Trinajstić information content (AvgIpc) is 2.78. The minimum atomic E-state index is -3.66. The van der Waals surface area contributed by atoms with Gasteiger partial charge >= 0.3 is 5.97 Å². The number of rotatable bonds is 10. The Kier molecular flexibility index (Phi) is 9.00. The topological polar surface area (TPSA) is 122 Å². The second-order valence-corrected chi connectivity index (χ2v) is 8.57. The number of halogens is 2. The molecule has 2 rings (SSSR count). The highest BCUT2D eigenvalue weighted by Gasteiger charge is 2.21. The molecule has 0 radical (unpaired) electrons. The lowest BCUT2D eigenvalue weighted by molar-refractivity contribution is -0.146. The van der Waals surface area contributed by atoms with Gasteiger partial charge in [-0.3, -0.25) is 14.4 Å². The first kappa shape index (κ1) is 25.9. The maximum atomic E-state index is 13.5. The van der Waals surface area contributed by atoms with Gasteiger partial charge in [0.15, 0.2) is 6.61 Å². The predicted molar refractivity (Wildman–Crippen MR) is 115 cm³/mol. The lowest BCUT2D eigenvalue weighted by atomic mass is 10.2. The number of anilines is 1. The number of sulfonamides is 1. The van der Waals surface area contributed by atoms with Crippen LogP contribution in [0.5, 0.6) is 0 Å². The SMILES string of the molecule is CCN(CC)S(=O)(=O)c1ccc(C(=O)NCC(=O)OCC(=O)Nc2ccc(F)cc2F)cc1. The van der Waals surface area contributed by atoms with Gasteiger partial charge in [0, 0.05) is 24.7 Å². The minimum Gasteiger partial charge on any atom is -0.454 e. The number of amides is 2. The molecular weight excluding hydrogens is 460 g/mol. The van der Waals surface area contributed by atoms with Crippen LogP contribution in [0.4, 0.5) is 14.5 Å². The van der Waals surface area contributed by atoms with Crippen molar-refractivity contribution in [2.24, 2.45) is 0 Å². The van der Waals surface area contributed by atoms with Crippen molar-refractivity contribution in [3.8, 4) is 0 Å². The molecule has 0 unspecified atom stereocenters. The molecule has 0 spiro atoms. The molecule has 2 amide bonds. The van der Waals surface area contributed by atoms with E-state index in [9.17, 15) is 31.6 Å². The van der Waals surface area contributed by atoms with Crippen LogP contribution in [0.2, 0.25) is 0 Å². The van der Waals surface area contributed by atoms with Crippen LogP contribution in [0.15, 0.2) is 47.4 Å². The highest BCUT2D eigenvalue weighted by Crippen LogP contribution is 2.16. The van der Waals surface area contributed by atoms with E-state index in [4.69, 9.17) is 4.74 Å². The Balaban J connectivity index is 1.84. The second-order valence-electron chi connectivity index (χ2n) is 6.63. The lowest BCUT2D eigenvalue weighted by Gasteiger charge is -2.18. The maximum Gasteiger partial charge on any atom is 0.325 e. The summed E-state index contributed by atoms with van der Waals surface area (Å²) in [7, 11) is -3.66. The van der Waals surface area contributed by atoms with Crippen molar-refractivity contribution in [2.45, 2.75) is 18.7 Å². The molecule has 12 heteroatoms. The van der Waals surface area contributed by atoms with Gasteiger partial charge < -0.3 is 15.4 Å². The van der Waals surface area contributed by atoms with E-state index in [1.807, 2.05) is 0 Å². The van der Waals surface area contributed by atoms with E-state index >= 15 is 0 Å². The van der Waals surface area contributed by atoms with Gasteiger partial charge in [0.25, 0.3) is 11.8 Å². The molecule has 0 aliphatic rings. The number of nitrogens with one attached hydrogen (secondary N) is 2. The molecular formula is C21H23F2N3O6S. The summed E-state index contributed by atoms with van der Waals surface area (Å²) in [6.07, 6.45) is 0. The van der Waals surface area contributed by atoms with Crippen molar-refractivity contribution >= 4 is 33.5 Å². The van der Waals surface area contributed by atoms with Crippen LogP contribution < -0.4 is 10.6 Å². The van der Waals surface area contributed by atoms with Gasteiger partial charge in [-0.25, -0.2) is 17.2 Å². The van der Waals surface area contributed by atoms with Crippen LogP contribution in [0.25, 0.3) is 0 Å². The highest BCUT2D eigenvalue weighted by atomic mass is 32.2. The molecule has 0 saturated carbocycles.